The van der Waals surface area contributed by atoms with Crippen molar-refractivity contribution in [2.75, 3.05) is 13.2 Å². The lowest BCUT2D eigenvalue weighted by Crippen LogP contribution is -2.44. The SMILES string of the molecule is O=S(=O)(c1cnc[nH]1)N(CCCO)C1CCC1. The zero-order valence-corrected chi connectivity index (χ0v) is 10.4. The van der Waals surface area contributed by atoms with Gasteiger partial charge in [-0.15, -0.1) is 0 Å². The third-order valence-corrected chi connectivity index (χ3v) is 4.96. The van der Waals surface area contributed by atoms with Crippen molar-refractivity contribution >= 4 is 10.0 Å². The van der Waals surface area contributed by atoms with E-state index in [2.05, 4.69) is 9.97 Å². The highest BCUT2D eigenvalue weighted by atomic mass is 32.2. The van der Waals surface area contributed by atoms with E-state index in [1.54, 1.807) is 0 Å². The van der Waals surface area contributed by atoms with Gasteiger partial charge >= 0.3 is 0 Å². The van der Waals surface area contributed by atoms with Crippen molar-refractivity contribution in [2.24, 2.45) is 0 Å². The van der Waals surface area contributed by atoms with Crippen LogP contribution in [0.2, 0.25) is 0 Å². The summed E-state index contributed by atoms with van der Waals surface area (Å²) < 4.78 is 26.1. The summed E-state index contributed by atoms with van der Waals surface area (Å²) in [7, 11) is -3.49. The average molecular weight is 259 g/mol. The fraction of sp³-hybridized carbons (Fsp3) is 0.700. The van der Waals surface area contributed by atoms with Gasteiger partial charge in [0.25, 0.3) is 10.0 Å². The summed E-state index contributed by atoms with van der Waals surface area (Å²) in [6, 6.07) is 0.0786. The van der Waals surface area contributed by atoms with Crippen LogP contribution in [0.15, 0.2) is 17.6 Å². The Morgan fingerprint density at radius 2 is 2.29 bits per heavy atom. The van der Waals surface area contributed by atoms with Crippen LogP contribution in [0.4, 0.5) is 0 Å². The first-order valence-corrected chi connectivity index (χ1v) is 7.21. The van der Waals surface area contributed by atoms with Crippen LogP contribution in [0, 0.1) is 0 Å². The topological polar surface area (TPSA) is 86.3 Å². The second-order valence-electron chi connectivity index (χ2n) is 4.19. The second-order valence-corrected chi connectivity index (χ2v) is 6.05. The summed E-state index contributed by atoms with van der Waals surface area (Å²) in [4.78, 5) is 6.38. The van der Waals surface area contributed by atoms with Gasteiger partial charge in [-0.05, 0) is 19.3 Å². The maximum absolute atomic E-state index is 12.3. The van der Waals surface area contributed by atoms with Crippen LogP contribution in [0.3, 0.4) is 0 Å². The third-order valence-electron chi connectivity index (χ3n) is 3.08. The van der Waals surface area contributed by atoms with Gasteiger partial charge in [-0.2, -0.15) is 4.31 Å². The van der Waals surface area contributed by atoms with E-state index in [-0.39, 0.29) is 17.7 Å². The number of nitrogens with zero attached hydrogens (tertiary/aromatic N) is 2. The first kappa shape index (κ1) is 12.5. The Kier molecular flexibility index (Phi) is 3.80. The molecule has 1 aromatic heterocycles. The number of aliphatic hydroxyl groups excluding tert-OH is 1. The molecular weight excluding hydrogens is 242 g/mol. The Hall–Kier alpha value is -0.920. The summed E-state index contributed by atoms with van der Waals surface area (Å²) in [5.74, 6) is 0. The van der Waals surface area contributed by atoms with Crippen molar-refractivity contribution in [1.82, 2.24) is 14.3 Å². The predicted octanol–water partition coefficient (Wildman–Crippen LogP) is 0.335. The maximum atomic E-state index is 12.3. The summed E-state index contributed by atoms with van der Waals surface area (Å²) in [6.07, 6.45) is 6.01. The third kappa shape index (κ3) is 2.51. The smallest absolute Gasteiger partial charge is 0.260 e. The molecule has 1 heterocycles. The molecule has 0 atom stereocenters. The van der Waals surface area contributed by atoms with Crippen LogP contribution in [0.25, 0.3) is 0 Å². The number of sulfonamides is 1. The zero-order chi connectivity index (χ0) is 12.3. The van der Waals surface area contributed by atoms with Crippen LogP contribution in [-0.2, 0) is 10.0 Å². The molecule has 2 N–H and O–H groups in total. The molecule has 0 aliphatic heterocycles. The van der Waals surface area contributed by atoms with Crippen molar-refractivity contribution in [1.29, 1.82) is 0 Å². The Morgan fingerprint density at radius 3 is 2.76 bits per heavy atom. The van der Waals surface area contributed by atoms with Crippen LogP contribution >= 0.6 is 0 Å². The molecule has 1 fully saturated rings. The van der Waals surface area contributed by atoms with Crippen LogP contribution < -0.4 is 0 Å². The van der Waals surface area contributed by atoms with E-state index in [1.807, 2.05) is 0 Å². The standard InChI is InChI=1S/C10H17N3O3S/c14-6-2-5-13(9-3-1-4-9)17(15,16)10-7-11-8-12-10/h7-9,14H,1-6H2,(H,11,12). The van der Waals surface area contributed by atoms with Crippen molar-refractivity contribution in [3.05, 3.63) is 12.5 Å². The molecule has 7 heteroatoms. The maximum Gasteiger partial charge on any atom is 0.260 e. The number of hydrogen-bond acceptors (Lipinski definition) is 4. The van der Waals surface area contributed by atoms with E-state index in [0.29, 0.717) is 13.0 Å². The molecular formula is C10H17N3O3S. The van der Waals surface area contributed by atoms with E-state index in [4.69, 9.17) is 5.11 Å². The number of rotatable bonds is 6. The predicted molar refractivity (Wildman–Crippen MR) is 61.8 cm³/mol. The molecule has 0 amide bonds. The molecule has 1 aliphatic carbocycles. The van der Waals surface area contributed by atoms with Crippen molar-refractivity contribution < 1.29 is 13.5 Å². The molecule has 6 nitrogen and oxygen atoms in total. The lowest BCUT2D eigenvalue weighted by molar-refractivity contribution is 0.198. The molecule has 0 spiro atoms. The normalized spacial score (nSPS) is 17.3. The molecule has 1 aliphatic rings. The zero-order valence-electron chi connectivity index (χ0n) is 9.54. The number of aromatic nitrogens is 2. The number of H-pyrrole nitrogens is 1. The summed E-state index contributed by atoms with van der Waals surface area (Å²) in [6.45, 7) is 0.365. The minimum atomic E-state index is -3.49. The minimum absolute atomic E-state index is 0.00170. The quantitative estimate of drug-likeness (QED) is 0.771. The van der Waals surface area contributed by atoms with Crippen molar-refractivity contribution in [3.8, 4) is 0 Å². The molecule has 0 saturated heterocycles. The Balaban J connectivity index is 2.19. The molecule has 1 aromatic rings. The van der Waals surface area contributed by atoms with E-state index in [0.717, 1.165) is 19.3 Å². The van der Waals surface area contributed by atoms with Gasteiger partial charge in [-0.25, -0.2) is 13.4 Å². The molecule has 0 unspecified atom stereocenters. The monoisotopic (exact) mass is 259 g/mol. The first-order valence-electron chi connectivity index (χ1n) is 5.77. The fourth-order valence-corrected chi connectivity index (χ4v) is 3.53. The van der Waals surface area contributed by atoms with Gasteiger partial charge in [0.15, 0.2) is 5.03 Å². The summed E-state index contributed by atoms with van der Waals surface area (Å²) in [5.41, 5.74) is 0. The highest BCUT2D eigenvalue weighted by Gasteiger charge is 2.35. The molecule has 17 heavy (non-hydrogen) atoms. The van der Waals surface area contributed by atoms with Gasteiger partial charge < -0.3 is 10.1 Å². The first-order chi connectivity index (χ1) is 8.16. The van der Waals surface area contributed by atoms with Gasteiger partial charge in [0.05, 0.1) is 12.5 Å². The number of nitrogens with one attached hydrogen (secondary N) is 1. The second kappa shape index (κ2) is 5.16. The lowest BCUT2D eigenvalue weighted by atomic mass is 9.93. The molecule has 1 saturated carbocycles. The van der Waals surface area contributed by atoms with Crippen LogP contribution in [-0.4, -0.2) is 47.0 Å². The van der Waals surface area contributed by atoms with Gasteiger partial charge in [-0.1, -0.05) is 6.42 Å². The van der Waals surface area contributed by atoms with Gasteiger partial charge in [0.1, 0.15) is 0 Å². The van der Waals surface area contributed by atoms with Gasteiger partial charge in [0, 0.05) is 19.2 Å². The average Bonchev–Trinajstić information content (AvgIpc) is 2.74. The molecule has 96 valence electrons. The van der Waals surface area contributed by atoms with Crippen LogP contribution in [0.1, 0.15) is 25.7 Å². The molecule has 0 radical (unpaired) electrons. The number of hydrogen-bond donors (Lipinski definition) is 2. The Morgan fingerprint density at radius 1 is 1.53 bits per heavy atom. The van der Waals surface area contributed by atoms with Gasteiger partial charge in [-0.3, -0.25) is 0 Å². The van der Waals surface area contributed by atoms with E-state index in [9.17, 15) is 8.42 Å². The largest absolute Gasteiger partial charge is 0.396 e. The highest BCUT2D eigenvalue weighted by molar-refractivity contribution is 7.89. The summed E-state index contributed by atoms with van der Waals surface area (Å²) >= 11 is 0. The fourth-order valence-electron chi connectivity index (χ4n) is 1.91. The van der Waals surface area contributed by atoms with E-state index >= 15 is 0 Å². The minimum Gasteiger partial charge on any atom is -0.396 e. The molecule has 0 bridgehead atoms. The number of aliphatic hydroxyl groups is 1. The number of aromatic amines is 1. The van der Waals surface area contributed by atoms with Gasteiger partial charge in [0.2, 0.25) is 0 Å². The van der Waals surface area contributed by atoms with E-state index in [1.165, 1.54) is 16.8 Å². The van der Waals surface area contributed by atoms with Crippen LogP contribution in [0.5, 0.6) is 0 Å². The van der Waals surface area contributed by atoms with Crippen molar-refractivity contribution in [3.63, 3.8) is 0 Å². The Bertz CT molecular complexity index is 439. The van der Waals surface area contributed by atoms with E-state index < -0.39 is 10.0 Å². The Labute approximate surface area is 101 Å². The number of imidazole rings is 1. The molecule has 2 rings (SSSR count). The van der Waals surface area contributed by atoms with Crippen molar-refractivity contribution in [2.45, 2.75) is 36.8 Å². The summed E-state index contributed by atoms with van der Waals surface area (Å²) in [5, 5.41) is 8.97. The lowest BCUT2D eigenvalue weighted by Gasteiger charge is -2.36. The highest BCUT2D eigenvalue weighted by Crippen LogP contribution is 2.29. The molecule has 0 aromatic carbocycles.